The fourth-order valence-corrected chi connectivity index (χ4v) is 0.936. The van der Waals surface area contributed by atoms with Crippen molar-refractivity contribution in [3.8, 4) is 0 Å². The van der Waals surface area contributed by atoms with Crippen LogP contribution in [0, 0.1) is 5.92 Å². The van der Waals surface area contributed by atoms with Crippen molar-refractivity contribution in [2.24, 2.45) is 11.8 Å². The minimum Gasteiger partial charge on any atom is -0.324 e. The van der Waals surface area contributed by atoms with Gasteiger partial charge in [0.05, 0.1) is 0 Å². The molecule has 1 atom stereocenters. The van der Waals surface area contributed by atoms with E-state index in [1.54, 1.807) is 0 Å². The van der Waals surface area contributed by atoms with Crippen LogP contribution in [0.4, 0.5) is 0 Å². The number of nitrogens with one attached hydrogen (secondary N) is 1. The monoisotopic (exact) mass is 124 g/mol. The first-order valence-corrected chi connectivity index (χ1v) is 3.18. The predicted molar refractivity (Wildman–Crippen MR) is 38.3 cm³/mol. The molecule has 0 fully saturated rings. The lowest BCUT2D eigenvalue weighted by Gasteiger charge is -2.10. The molecule has 3 N–H and O–H groups in total. The molecule has 2 nitrogen and oxygen atoms in total. The Morgan fingerprint density at radius 3 is 3.00 bits per heavy atom. The summed E-state index contributed by atoms with van der Waals surface area (Å²) in [6.07, 6.45) is 7.38. The van der Waals surface area contributed by atoms with Crippen LogP contribution in [0.3, 0.4) is 0 Å². The molecule has 0 amide bonds. The molecule has 0 aromatic rings. The Morgan fingerprint density at radius 2 is 2.56 bits per heavy atom. The van der Waals surface area contributed by atoms with Gasteiger partial charge in [-0.05, 0) is 18.4 Å². The van der Waals surface area contributed by atoms with Crippen LogP contribution in [0.5, 0.6) is 0 Å². The lowest BCUT2D eigenvalue weighted by Crippen LogP contribution is -2.21. The van der Waals surface area contributed by atoms with Crippen LogP contribution in [-0.2, 0) is 0 Å². The Balaban J connectivity index is 2.59. The average Bonchev–Trinajstić information content (AvgIpc) is 1.88. The van der Waals surface area contributed by atoms with E-state index >= 15 is 0 Å². The quantitative estimate of drug-likeness (QED) is 0.403. The molecule has 50 valence electrons. The third kappa shape index (κ3) is 1.57. The van der Waals surface area contributed by atoms with E-state index in [0.717, 1.165) is 12.1 Å². The lowest BCUT2D eigenvalue weighted by atomic mass is 10.0. The van der Waals surface area contributed by atoms with Gasteiger partial charge < -0.3 is 5.43 Å². The summed E-state index contributed by atoms with van der Waals surface area (Å²) < 4.78 is 0. The highest BCUT2D eigenvalue weighted by molar-refractivity contribution is 5.20. The Labute approximate surface area is 55.4 Å². The molecule has 1 aliphatic rings. The molecular weight excluding hydrogens is 112 g/mol. The van der Waals surface area contributed by atoms with Gasteiger partial charge in [-0.15, -0.1) is 0 Å². The first kappa shape index (κ1) is 6.36. The first-order valence-electron chi connectivity index (χ1n) is 3.18. The summed E-state index contributed by atoms with van der Waals surface area (Å²) in [7, 11) is 0. The van der Waals surface area contributed by atoms with Gasteiger partial charge in [-0.1, -0.05) is 19.1 Å². The van der Waals surface area contributed by atoms with Crippen molar-refractivity contribution in [1.82, 2.24) is 5.43 Å². The van der Waals surface area contributed by atoms with E-state index in [2.05, 4.69) is 24.5 Å². The van der Waals surface area contributed by atoms with Crippen LogP contribution in [0.15, 0.2) is 23.9 Å². The largest absolute Gasteiger partial charge is 0.324 e. The number of hydrogen-bond acceptors (Lipinski definition) is 2. The molecule has 1 unspecified atom stereocenters. The molecular formula is C7H12N2. The number of nitrogens with two attached hydrogens (primary N) is 1. The third-order valence-electron chi connectivity index (χ3n) is 1.44. The van der Waals surface area contributed by atoms with Crippen molar-refractivity contribution >= 4 is 0 Å². The zero-order valence-electron chi connectivity index (χ0n) is 5.59. The van der Waals surface area contributed by atoms with Gasteiger partial charge in [0.25, 0.3) is 0 Å². The standard InChI is InChI=1S/C7H12N2/c1-6-3-2-4-7(5-6)9-8/h2,4-6,9H,3,8H2,1H3. The highest BCUT2D eigenvalue weighted by Crippen LogP contribution is 2.12. The predicted octanol–water partition coefficient (Wildman–Crippen LogP) is 0.930. The summed E-state index contributed by atoms with van der Waals surface area (Å²) in [6, 6.07) is 0. The first-order chi connectivity index (χ1) is 4.33. The van der Waals surface area contributed by atoms with Gasteiger partial charge in [-0.3, -0.25) is 5.84 Å². The highest BCUT2D eigenvalue weighted by Gasteiger charge is 2.00. The molecule has 2 heteroatoms. The van der Waals surface area contributed by atoms with Crippen LogP contribution < -0.4 is 11.3 Å². The van der Waals surface area contributed by atoms with E-state index < -0.39 is 0 Å². The number of rotatable bonds is 1. The SMILES string of the molecule is CC1C=C(NN)C=CC1. The van der Waals surface area contributed by atoms with Gasteiger partial charge in [0.2, 0.25) is 0 Å². The van der Waals surface area contributed by atoms with Crippen molar-refractivity contribution in [2.45, 2.75) is 13.3 Å². The number of hydrogen-bond donors (Lipinski definition) is 2. The van der Waals surface area contributed by atoms with Crippen molar-refractivity contribution in [3.05, 3.63) is 23.9 Å². The van der Waals surface area contributed by atoms with E-state index in [-0.39, 0.29) is 0 Å². The topological polar surface area (TPSA) is 38.0 Å². The Bertz CT molecular complexity index is 147. The highest BCUT2D eigenvalue weighted by atomic mass is 15.2. The third-order valence-corrected chi connectivity index (χ3v) is 1.44. The van der Waals surface area contributed by atoms with E-state index in [4.69, 9.17) is 5.84 Å². The lowest BCUT2D eigenvalue weighted by molar-refractivity contribution is 0.711. The summed E-state index contributed by atoms with van der Waals surface area (Å²) >= 11 is 0. The Kier molecular flexibility index (Phi) is 1.90. The van der Waals surface area contributed by atoms with E-state index in [1.165, 1.54) is 0 Å². The molecule has 0 radical (unpaired) electrons. The summed E-state index contributed by atoms with van der Waals surface area (Å²) in [5.74, 6) is 5.82. The van der Waals surface area contributed by atoms with Crippen molar-refractivity contribution in [3.63, 3.8) is 0 Å². The molecule has 0 aliphatic heterocycles. The molecule has 0 heterocycles. The molecule has 0 aromatic carbocycles. The van der Waals surface area contributed by atoms with Gasteiger partial charge in [0.15, 0.2) is 0 Å². The maximum atomic E-state index is 5.20. The second-order valence-electron chi connectivity index (χ2n) is 2.38. The normalized spacial score (nSPS) is 25.6. The molecule has 0 spiro atoms. The molecule has 0 saturated heterocycles. The molecule has 0 aromatic heterocycles. The minimum atomic E-state index is 0.626. The second kappa shape index (κ2) is 2.69. The van der Waals surface area contributed by atoms with E-state index in [0.29, 0.717) is 5.92 Å². The molecule has 9 heavy (non-hydrogen) atoms. The average molecular weight is 124 g/mol. The van der Waals surface area contributed by atoms with Gasteiger partial charge in [-0.2, -0.15) is 0 Å². The fourth-order valence-electron chi connectivity index (χ4n) is 0.936. The van der Waals surface area contributed by atoms with Crippen LogP contribution in [0.1, 0.15) is 13.3 Å². The zero-order valence-corrected chi connectivity index (χ0v) is 5.59. The van der Waals surface area contributed by atoms with Crippen LogP contribution in [-0.4, -0.2) is 0 Å². The maximum absolute atomic E-state index is 5.20. The van der Waals surface area contributed by atoms with Crippen molar-refractivity contribution in [1.29, 1.82) is 0 Å². The number of hydrazine groups is 1. The van der Waals surface area contributed by atoms with Crippen molar-refractivity contribution < 1.29 is 0 Å². The van der Waals surface area contributed by atoms with E-state index in [1.807, 2.05) is 6.08 Å². The van der Waals surface area contributed by atoms with Crippen LogP contribution in [0.2, 0.25) is 0 Å². The Hall–Kier alpha value is -0.760. The molecule has 0 bridgehead atoms. The summed E-state index contributed by atoms with van der Waals surface area (Å²) in [5.41, 5.74) is 3.63. The van der Waals surface area contributed by atoms with Gasteiger partial charge in [0.1, 0.15) is 0 Å². The van der Waals surface area contributed by atoms with Gasteiger partial charge in [0, 0.05) is 5.70 Å². The van der Waals surface area contributed by atoms with Crippen LogP contribution >= 0.6 is 0 Å². The van der Waals surface area contributed by atoms with Crippen LogP contribution in [0.25, 0.3) is 0 Å². The smallest absolute Gasteiger partial charge is 0.0444 e. The summed E-state index contributed by atoms with van der Waals surface area (Å²) in [5, 5.41) is 0. The molecule has 1 rings (SSSR count). The Morgan fingerprint density at radius 1 is 1.78 bits per heavy atom. The molecule has 0 saturated carbocycles. The molecule has 1 aliphatic carbocycles. The van der Waals surface area contributed by atoms with E-state index in [9.17, 15) is 0 Å². The summed E-state index contributed by atoms with van der Waals surface area (Å²) in [6.45, 7) is 2.17. The maximum Gasteiger partial charge on any atom is 0.0444 e. The van der Waals surface area contributed by atoms with Gasteiger partial charge in [-0.25, -0.2) is 0 Å². The minimum absolute atomic E-state index is 0.626. The second-order valence-corrected chi connectivity index (χ2v) is 2.38. The summed E-state index contributed by atoms with van der Waals surface area (Å²) in [4.78, 5) is 0. The van der Waals surface area contributed by atoms with Gasteiger partial charge >= 0.3 is 0 Å². The van der Waals surface area contributed by atoms with Crippen molar-refractivity contribution in [2.75, 3.05) is 0 Å². The zero-order chi connectivity index (χ0) is 6.69. The fraction of sp³-hybridized carbons (Fsp3) is 0.429. The number of allylic oxidation sites excluding steroid dienone is 3.